The van der Waals surface area contributed by atoms with Gasteiger partial charge in [0.2, 0.25) is 0 Å². The van der Waals surface area contributed by atoms with Gasteiger partial charge in [0, 0.05) is 12.0 Å². The summed E-state index contributed by atoms with van der Waals surface area (Å²) in [6, 6.07) is 0. The molecule has 98 valence electrons. The van der Waals surface area contributed by atoms with Gasteiger partial charge in [0.15, 0.2) is 0 Å². The summed E-state index contributed by atoms with van der Waals surface area (Å²) in [6.07, 6.45) is 7.71. The van der Waals surface area contributed by atoms with Crippen LogP contribution in [0.25, 0.3) is 0 Å². The van der Waals surface area contributed by atoms with E-state index in [-0.39, 0.29) is 11.6 Å². The molecule has 0 saturated heterocycles. The van der Waals surface area contributed by atoms with Gasteiger partial charge in [-0.3, -0.25) is 0 Å². The summed E-state index contributed by atoms with van der Waals surface area (Å²) < 4.78 is 5.74. The molecule has 0 bridgehead atoms. The van der Waals surface area contributed by atoms with Gasteiger partial charge in [0.05, 0.1) is 0 Å². The van der Waals surface area contributed by atoms with Gasteiger partial charge in [0.25, 0.3) is 0 Å². The van der Waals surface area contributed by atoms with Crippen molar-refractivity contribution >= 4 is 5.97 Å². The lowest BCUT2D eigenvalue weighted by atomic mass is 9.59. The molecule has 4 fully saturated rings. The number of hydrogen-bond acceptors (Lipinski definition) is 2. The summed E-state index contributed by atoms with van der Waals surface area (Å²) in [5.74, 6) is 5.36. The van der Waals surface area contributed by atoms with E-state index in [1.165, 1.54) is 25.3 Å². The minimum absolute atomic E-state index is 0.134. The van der Waals surface area contributed by atoms with Gasteiger partial charge in [-0.25, -0.2) is 4.79 Å². The Hall–Kier alpha value is -0.790. The second-order valence-corrected chi connectivity index (χ2v) is 6.98. The third-order valence-corrected chi connectivity index (χ3v) is 6.57. The zero-order chi connectivity index (χ0) is 12.5. The van der Waals surface area contributed by atoms with Gasteiger partial charge >= 0.3 is 5.97 Å². The van der Waals surface area contributed by atoms with E-state index in [0.29, 0.717) is 5.92 Å². The molecule has 4 saturated carbocycles. The number of ether oxygens (including phenoxy) is 1. The quantitative estimate of drug-likeness (QED) is 0.565. The maximum Gasteiger partial charge on any atom is 0.330 e. The van der Waals surface area contributed by atoms with Crippen molar-refractivity contribution in [1.29, 1.82) is 0 Å². The minimum atomic E-state index is -0.225. The van der Waals surface area contributed by atoms with Crippen LogP contribution in [0, 0.1) is 35.5 Å². The summed E-state index contributed by atoms with van der Waals surface area (Å²) in [4.78, 5) is 11.5. The Morgan fingerprint density at radius 1 is 1.28 bits per heavy atom. The van der Waals surface area contributed by atoms with Crippen LogP contribution in [-0.2, 0) is 9.53 Å². The van der Waals surface area contributed by atoms with Crippen LogP contribution in [0.4, 0.5) is 0 Å². The first-order valence-corrected chi connectivity index (χ1v) is 7.54. The number of esters is 1. The fourth-order valence-electron chi connectivity index (χ4n) is 5.64. The molecule has 4 aliphatic carbocycles. The standard InChI is InChI=1S/C16H22O2/c1-3-15(17)18-16(4-2)8-13-11-6-9-5-10(9)12(11)7-14(13)16/h3,9-14H,1,4-8H2,2H3. The molecule has 0 aliphatic heterocycles. The summed E-state index contributed by atoms with van der Waals surface area (Å²) in [6.45, 7) is 5.69. The highest BCUT2D eigenvalue weighted by molar-refractivity contribution is 5.81. The average molecular weight is 246 g/mol. The van der Waals surface area contributed by atoms with Crippen LogP contribution in [0.1, 0.15) is 39.0 Å². The smallest absolute Gasteiger partial charge is 0.330 e. The summed E-state index contributed by atoms with van der Waals surface area (Å²) in [5, 5.41) is 0. The highest BCUT2D eigenvalue weighted by Crippen LogP contribution is 2.72. The van der Waals surface area contributed by atoms with Crippen LogP contribution < -0.4 is 0 Å². The van der Waals surface area contributed by atoms with E-state index in [0.717, 1.165) is 42.4 Å². The van der Waals surface area contributed by atoms with Crippen LogP contribution in [0.3, 0.4) is 0 Å². The van der Waals surface area contributed by atoms with Crippen molar-refractivity contribution in [2.24, 2.45) is 35.5 Å². The molecule has 0 aromatic rings. The summed E-state index contributed by atoms with van der Waals surface area (Å²) >= 11 is 0. The van der Waals surface area contributed by atoms with Crippen molar-refractivity contribution < 1.29 is 9.53 Å². The second-order valence-electron chi connectivity index (χ2n) is 6.98. The SMILES string of the molecule is C=CC(=O)OC1(CC)CC2C3CC4CC4C3CC21. The molecular formula is C16H22O2. The number of carbonyl (C=O) groups is 1. The van der Waals surface area contributed by atoms with Gasteiger partial charge < -0.3 is 4.74 Å². The van der Waals surface area contributed by atoms with E-state index in [2.05, 4.69) is 13.5 Å². The zero-order valence-corrected chi connectivity index (χ0v) is 11.1. The predicted molar refractivity (Wildman–Crippen MR) is 68.7 cm³/mol. The van der Waals surface area contributed by atoms with E-state index < -0.39 is 0 Å². The molecule has 4 rings (SSSR count). The Morgan fingerprint density at radius 3 is 2.72 bits per heavy atom. The number of carbonyl (C=O) groups excluding carboxylic acids is 1. The first kappa shape index (κ1) is 11.1. The third-order valence-electron chi connectivity index (χ3n) is 6.57. The van der Waals surface area contributed by atoms with E-state index in [4.69, 9.17) is 4.74 Å². The molecule has 2 heteroatoms. The van der Waals surface area contributed by atoms with Gasteiger partial charge in [-0.1, -0.05) is 13.5 Å². The van der Waals surface area contributed by atoms with Crippen LogP contribution in [0.15, 0.2) is 12.7 Å². The molecule has 0 spiro atoms. The van der Waals surface area contributed by atoms with Gasteiger partial charge in [0.1, 0.15) is 5.60 Å². The molecule has 18 heavy (non-hydrogen) atoms. The highest BCUT2D eigenvalue weighted by atomic mass is 16.6. The predicted octanol–water partition coefficient (Wildman–Crippen LogP) is 3.18. The Balaban J connectivity index is 1.53. The highest BCUT2D eigenvalue weighted by Gasteiger charge is 2.68. The van der Waals surface area contributed by atoms with E-state index >= 15 is 0 Å². The molecule has 0 aromatic heterocycles. The molecule has 4 aliphatic rings. The minimum Gasteiger partial charge on any atom is -0.456 e. The molecule has 0 amide bonds. The normalized spacial score (nSPS) is 54.9. The van der Waals surface area contributed by atoms with Crippen molar-refractivity contribution in [1.82, 2.24) is 0 Å². The molecule has 0 heterocycles. The summed E-state index contributed by atoms with van der Waals surface area (Å²) in [7, 11) is 0. The second kappa shape index (κ2) is 3.40. The number of hydrogen-bond donors (Lipinski definition) is 0. The maximum absolute atomic E-state index is 11.5. The van der Waals surface area contributed by atoms with Gasteiger partial charge in [-0.2, -0.15) is 0 Å². The van der Waals surface area contributed by atoms with Crippen molar-refractivity contribution in [3.63, 3.8) is 0 Å². The van der Waals surface area contributed by atoms with E-state index in [1.807, 2.05) is 0 Å². The van der Waals surface area contributed by atoms with E-state index in [9.17, 15) is 4.79 Å². The van der Waals surface area contributed by atoms with Crippen molar-refractivity contribution in [2.45, 2.75) is 44.6 Å². The Labute approximate surface area is 109 Å². The fraction of sp³-hybridized carbons (Fsp3) is 0.812. The van der Waals surface area contributed by atoms with E-state index in [1.54, 1.807) is 0 Å². The van der Waals surface area contributed by atoms with Gasteiger partial charge in [-0.05, 0) is 61.7 Å². The Bertz CT molecular complexity index is 415. The fourth-order valence-corrected chi connectivity index (χ4v) is 5.64. The largest absolute Gasteiger partial charge is 0.456 e. The van der Waals surface area contributed by atoms with Crippen molar-refractivity contribution in [3.05, 3.63) is 12.7 Å². The molecule has 0 radical (unpaired) electrons. The lowest BCUT2D eigenvalue weighted by Crippen LogP contribution is -2.55. The van der Waals surface area contributed by atoms with Crippen molar-refractivity contribution in [2.75, 3.05) is 0 Å². The number of fused-ring (bicyclic) bond motifs is 5. The Morgan fingerprint density at radius 2 is 2.00 bits per heavy atom. The monoisotopic (exact) mass is 246 g/mol. The van der Waals surface area contributed by atoms with Crippen LogP contribution in [0.2, 0.25) is 0 Å². The van der Waals surface area contributed by atoms with Crippen LogP contribution >= 0.6 is 0 Å². The molecule has 7 unspecified atom stereocenters. The summed E-state index contributed by atoms with van der Waals surface area (Å²) in [5.41, 5.74) is -0.134. The molecule has 7 atom stereocenters. The number of rotatable bonds is 3. The molecule has 0 aromatic carbocycles. The molecule has 2 nitrogen and oxygen atoms in total. The lowest BCUT2D eigenvalue weighted by molar-refractivity contribution is -0.190. The molecular weight excluding hydrogens is 224 g/mol. The van der Waals surface area contributed by atoms with Crippen LogP contribution in [-0.4, -0.2) is 11.6 Å². The molecule has 0 N–H and O–H groups in total. The van der Waals surface area contributed by atoms with Crippen LogP contribution in [0.5, 0.6) is 0 Å². The maximum atomic E-state index is 11.5. The average Bonchev–Trinajstić information content (AvgIpc) is 2.94. The Kier molecular flexibility index (Phi) is 2.09. The first-order chi connectivity index (χ1) is 8.68. The first-order valence-electron chi connectivity index (χ1n) is 7.54. The topological polar surface area (TPSA) is 26.3 Å². The lowest BCUT2D eigenvalue weighted by Gasteiger charge is -2.52. The van der Waals surface area contributed by atoms with Gasteiger partial charge in [-0.15, -0.1) is 0 Å². The third kappa shape index (κ3) is 1.22. The van der Waals surface area contributed by atoms with Crippen molar-refractivity contribution in [3.8, 4) is 0 Å². The zero-order valence-electron chi connectivity index (χ0n) is 11.1.